The molecular weight excluding hydrogens is 306 g/mol. The number of ketones is 1. The van der Waals surface area contributed by atoms with Crippen molar-refractivity contribution in [2.45, 2.75) is 40.7 Å². The number of hydrogen-bond donors (Lipinski definition) is 1. The third kappa shape index (κ3) is 5.75. The van der Waals surface area contributed by atoms with Crippen LogP contribution in [0.5, 0.6) is 0 Å². The van der Waals surface area contributed by atoms with Crippen molar-refractivity contribution in [1.82, 2.24) is 5.32 Å². The number of carbonyl (C=O) groups excluding carboxylic acids is 1. The maximum Gasteiger partial charge on any atom is 0.208 e. The van der Waals surface area contributed by atoms with Gasteiger partial charge in [-0.2, -0.15) is 0 Å². The van der Waals surface area contributed by atoms with Gasteiger partial charge in [-0.25, -0.2) is 0 Å². The van der Waals surface area contributed by atoms with E-state index in [2.05, 4.69) is 50.5 Å². The molecule has 0 aliphatic heterocycles. The molecule has 0 amide bonds. The minimum absolute atomic E-state index is 0.0435. The summed E-state index contributed by atoms with van der Waals surface area (Å²) < 4.78 is 0. The molecule has 0 bridgehead atoms. The van der Waals surface area contributed by atoms with Gasteiger partial charge in [0.05, 0.1) is 5.70 Å². The first kappa shape index (κ1) is 20.4. The van der Waals surface area contributed by atoms with Crippen LogP contribution in [-0.4, -0.2) is 5.78 Å². The number of carbonyl (C=O) groups is 1. The lowest BCUT2D eigenvalue weighted by molar-refractivity contribution is -0.113. The molecule has 0 radical (unpaired) electrons. The van der Waals surface area contributed by atoms with E-state index >= 15 is 0 Å². The molecule has 2 rings (SSSR count). The average molecular weight is 335 g/mol. The molecule has 1 atom stereocenters. The van der Waals surface area contributed by atoms with Gasteiger partial charge in [-0.1, -0.05) is 72.9 Å². The van der Waals surface area contributed by atoms with Crippen LogP contribution in [-0.2, 0) is 4.79 Å². The largest absolute Gasteiger partial charge is 0.375 e. The normalized spacial score (nSPS) is 15.5. The highest BCUT2D eigenvalue weighted by Gasteiger charge is 2.29. The van der Waals surface area contributed by atoms with E-state index in [0.717, 1.165) is 5.57 Å². The van der Waals surface area contributed by atoms with Gasteiger partial charge in [0, 0.05) is 11.6 Å². The number of hydrogen-bond acceptors (Lipinski definition) is 2. The third-order valence-corrected chi connectivity index (χ3v) is 4.04. The van der Waals surface area contributed by atoms with E-state index in [9.17, 15) is 4.79 Å². The number of rotatable bonds is 5. The van der Waals surface area contributed by atoms with E-state index in [-0.39, 0.29) is 11.8 Å². The molecule has 0 fully saturated rings. The fraction of sp³-hybridized carbons (Fsp3) is 0.261. The Morgan fingerprint density at radius 3 is 2.48 bits per heavy atom. The van der Waals surface area contributed by atoms with Gasteiger partial charge >= 0.3 is 0 Å². The first-order valence-corrected chi connectivity index (χ1v) is 8.51. The number of aryl methyl sites for hydroxylation is 1. The Morgan fingerprint density at radius 1 is 1.28 bits per heavy atom. The molecule has 2 heteroatoms. The second-order valence-electron chi connectivity index (χ2n) is 6.23. The van der Waals surface area contributed by atoms with Crippen LogP contribution in [0.1, 0.15) is 44.9 Å². The number of allylic oxidation sites excluding steroid dienone is 7. The van der Waals surface area contributed by atoms with Crippen molar-refractivity contribution in [3.8, 4) is 0 Å². The Kier molecular flexibility index (Phi) is 7.87. The zero-order valence-electron chi connectivity index (χ0n) is 16.0. The van der Waals surface area contributed by atoms with Crippen molar-refractivity contribution >= 4 is 5.78 Å². The van der Waals surface area contributed by atoms with E-state index in [4.69, 9.17) is 0 Å². The van der Waals surface area contributed by atoms with Crippen molar-refractivity contribution in [3.05, 3.63) is 95.3 Å². The Balaban J connectivity index is 0.000000333. The van der Waals surface area contributed by atoms with Crippen LogP contribution < -0.4 is 5.32 Å². The zero-order valence-corrected chi connectivity index (χ0v) is 16.0. The van der Waals surface area contributed by atoms with Gasteiger partial charge < -0.3 is 5.32 Å². The molecule has 0 spiro atoms. The monoisotopic (exact) mass is 335 g/mol. The van der Waals surface area contributed by atoms with Gasteiger partial charge in [0.25, 0.3) is 0 Å². The summed E-state index contributed by atoms with van der Waals surface area (Å²) in [6.07, 6.45) is 7.81. The molecule has 25 heavy (non-hydrogen) atoms. The fourth-order valence-electron chi connectivity index (χ4n) is 2.50. The summed E-state index contributed by atoms with van der Waals surface area (Å²) in [6.45, 7) is 17.4. The molecule has 1 unspecified atom stereocenters. The van der Waals surface area contributed by atoms with Gasteiger partial charge in [0.15, 0.2) is 0 Å². The minimum atomic E-state index is 0.0435. The maximum absolute atomic E-state index is 11.6. The van der Waals surface area contributed by atoms with Gasteiger partial charge in [-0.05, 0) is 45.8 Å². The number of nitrogens with one attached hydrogen (secondary N) is 1. The standard InChI is InChI=1S/C15H17NO.C8H12/c1-9-6-5-7-13(8-9)12(4)16-14-10(2)11(3)15(14)17;1-4-6-8(3)7-5-2/h5-8,12,16H,3H2,1-2,4H3;4-7H,1H2,2-3H3/b;7-5-,8-6-. The van der Waals surface area contributed by atoms with Crippen LogP contribution >= 0.6 is 0 Å². The average Bonchev–Trinajstić information content (AvgIpc) is 2.59. The Hall–Kier alpha value is -2.61. The van der Waals surface area contributed by atoms with E-state index in [1.54, 1.807) is 6.08 Å². The molecule has 1 aromatic carbocycles. The van der Waals surface area contributed by atoms with Gasteiger partial charge in [-0.15, -0.1) is 0 Å². The molecule has 1 aliphatic carbocycles. The van der Waals surface area contributed by atoms with E-state index < -0.39 is 0 Å². The van der Waals surface area contributed by atoms with Crippen molar-refractivity contribution in [2.75, 3.05) is 0 Å². The summed E-state index contributed by atoms with van der Waals surface area (Å²) in [5.41, 5.74) is 5.98. The van der Waals surface area contributed by atoms with Crippen molar-refractivity contribution in [1.29, 1.82) is 0 Å². The van der Waals surface area contributed by atoms with E-state index in [0.29, 0.717) is 11.3 Å². The number of Topliss-reactive ketones (excluding diaryl/α,β-unsaturated/α-hetero) is 1. The van der Waals surface area contributed by atoms with E-state index in [1.165, 1.54) is 16.7 Å². The molecule has 2 nitrogen and oxygen atoms in total. The lowest BCUT2D eigenvalue weighted by atomic mass is 9.88. The molecular formula is C23H29NO. The first-order valence-electron chi connectivity index (χ1n) is 8.51. The smallest absolute Gasteiger partial charge is 0.208 e. The fourth-order valence-corrected chi connectivity index (χ4v) is 2.50. The molecule has 0 heterocycles. The van der Waals surface area contributed by atoms with Crippen LogP contribution in [0, 0.1) is 6.92 Å². The van der Waals surface area contributed by atoms with Gasteiger partial charge in [0.2, 0.25) is 5.78 Å². The van der Waals surface area contributed by atoms with Gasteiger partial charge in [0.1, 0.15) is 0 Å². The van der Waals surface area contributed by atoms with Crippen molar-refractivity contribution in [3.63, 3.8) is 0 Å². The third-order valence-electron chi connectivity index (χ3n) is 4.04. The minimum Gasteiger partial charge on any atom is -0.375 e. The predicted octanol–water partition coefficient (Wildman–Crippen LogP) is 5.75. The Bertz CT molecular complexity index is 747. The molecule has 0 saturated heterocycles. The van der Waals surface area contributed by atoms with Crippen LogP contribution in [0.4, 0.5) is 0 Å². The SMILES string of the molecule is C=C/C=C(C)\C=C/C.C=C1C(=O)C(NC(C)c2cccc(C)c2)=C1C. The Labute approximate surface area is 152 Å². The second kappa shape index (κ2) is 9.63. The van der Waals surface area contributed by atoms with Crippen LogP contribution in [0.2, 0.25) is 0 Å². The van der Waals surface area contributed by atoms with Crippen molar-refractivity contribution < 1.29 is 4.79 Å². The lowest BCUT2D eigenvalue weighted by Gasteiger charge is -2.27. The molecule has 0 saturated carbocycles. The van der Waals surface area contributed by atoms with Crippen LogP contribution in [0.25, 0.3) is 0 Å². The topological polar surface area (TPSA) is 29.1 Å². The highest BCUT2D eigenvalue weighted by Crippen LogP contribution is 2.28. The molecule has 1 aromatic rings. The van der Waals surface area contributed by atoms with E-state index in [1.807, 2.05) is 45.1 Å². The highest BCUT2D eigenvalue weighted by atomic mass is 16.1. The summed E-state index contributed by atoms with van der Waals surface area (Å²) in [6, 6.07) is 8.43. The van der Waals surface area contributed by atoms with Gasteiger partial charge in [-0.3, -0.25) is 4.79 Å². The lowest BCUT2D eigenvalue weighted by Crippen LogP contribution is -2.33. The number of benzene rings is 1. The molecule has 0 aromatic heterocycles. The van der Waals surface area contributed by atoms with Crippen LogP contribution in [0.15, 0.2) is 84.1 Å². The van der Waals surface area contributed by atoms with Crippen molar-refractivity contribution in [2.24, 2.45) is 0 Å². The predicted molar refractivity (Wildman–Crippen MR) is 108 cm³/mol. The summed E-state index contributed by atoms with van der Waals surface area (Å²) in [7, 11) is 0. The summed E-state index contributed by atoms with van der Waals surface area (Å²) in [5, 5.41) is 3.26. The molecule has 132 valence electrons. The maximum atomic E-state index is 11.6. The molecule has 1 aliphatic rings. The second-order valence-corrected chi connectivity index (χ2v) is 6.23. The zero-order chi connectivity index (χ0) is 19.0. The Morgan fingerprint density at radius 2 is 1.96 bits per heavy atom. The summed E-state index contributed by atoms with van der Waals surface area (Å²) >= 11 is 0. The summed E-state index contributed by atoms with van der Waals surface area (Å²) in [5.74, 6) is 0.0435. The first-order chi connectivity index (χ1) is 11.8. The quantitative estimate of drug-likeness (QED) is 0.548. The summed E-state index contributed by atoms with van der Waals surface area (Å²) in [4.78, 5) is 11.6. The highest BCUT2D eigenvalue weighted by molar-refractivity contribution is 6.18. The van der Waals surface area contributed by atoms with Crippen LogP contribution in [0.3, 0.4) is 0 Å². The molecule has 1 N–H and O–H groups in total.